The number of aromatic nitrogens is 1. The zero-order valence-corrected chi connectivity index (χ0v) is 16.0. The first-order valence-electron chi connectivity index (χ1n) is 9.47. The fourth-order valence-corrected chi connectivity index (χ4v) is 7.38. The van der Waals surface area contributed by atoms with Gasteiger partial charge in [0.15, 0.2) is 15.9 Å². The Kier molecular flexibility index (Phi) is 3.40. The summed E-state index contributed by atoms with van der Waals surface area (Å²) in [6, 6.07) is 4.47. The molecule has 8 nitrogen and oxygen atoms in total. The van der Waals surface area contributed by atoms with Gasteiger partial charge < -0.3 is 14.0 Å². The van der Waals surface area contributed by atoms with Crippen LogP contribution in [0, 0.1) is 17.7 Å². The average Bonchev–Trinajstić information content (AvgIpc) is 3.16. The standard InChI is InChI=1S/C19H17FN2O6S/c20-13-5-14-9(3-10(13)18-11-7-29(24,25)8-12(11)18)4-15-16(28-19(23)22(14)15)6-26-17-1-2-27-21-17/h1-3,5,11-12,15-16,18H,4,6-8H2/t11?,12?,15-,16-,18?/m0/s1. The van der Waals surface area contributed by atoms with Crippen molar-refractivity contribution >= 4 is 21.6 Å². The van der Waals surface area contributed by atoms with Crippen LogP contribution in [0.5, 0.6) is 5.88 Å². The first-order valence-corrected chi connectivity index (χ1v) is 11.3. The highest BCUT2D eigenvalue weighted by Gasteiger charge is 2.60. The van der Waals surface area contributed by atoms with Crippen molar-refractivity contribution in [3.63, 3.8) is 0 Å². The lowest BCUT2D eigenvalue weighted by molar-refractivity contribution is 0.0886. The zero-order valence-electron chi connectivity index (χ0n) is 15.2. The van der Waals surface area contributed by atoms with Gasteiger partial charge in [-0.05, 0) is 46.5 Å². The molecule has 1 amide bonds. The molecule has 0 N–H and O–H groups in total. The van der Waals surface area contributed by atoms with Gasteiger partial charge in [-0.15, -0.1) is 0 Å². The smallest absolute Gasteiger partial charge is 0.415 e. The highest BCUT2D eigenvalue weighted by atomic mass is 32.2. The molecule has 3 fully saturated rings. The molecule has 2 aromatic rings. The highest BCUT2D eigenvalue weighted by molar-refractivity contribution is 7.91. The molecule has 4 heterocycles. The topological polar surface area (TPSA) is 98.9 Å². The van der Waals surface area contributed by atoms with Crippen LogP contribution in [0.1, 0.15) is 17.0 Å². The monoisotopic (exact) mass is 420 g/mol. The lowest BCUT2D eigenvalue weighted by Gasteiger charge is -2.16. The van der Waals surface area contributed by atoms with E-state index in [0.717, 1.165) is 5.56 Å². The van der Waals surface area contributed by atoms with E-state index in [4.69, 9.17) is 14.0 Å². The number of carbonyl (C=O) groups excluding carboxylic acids is 1. The number of cyclic esters (lactones) is 1. The maximum absolute atomic E-state index is 14.9. The molecule has 0 spiro atoms. The summed E-state index contributed by atoms with van der Waals surface area (Å²) in [6.07, 6.45) is 0.880. The number of rotatable bonds is 4. The second-order valence-electron chi connectivity index (χ2n) is 8.15. The second kappa shape index (κ2) is 5.71. The van der Waals surface area contributed by atoms with E-state index in [1.54, 1.807) is 12.1 Å². The molecule has 152 valence electrons. The van der Waals surface area contributed by atoms with Crippen molar-refractivity contribution in [1.82, 2.24) is 5.16 Å². The minimum atomic E-state index is -2.98. The first-order chi connectivity index (χ1) is 13.9. The molecule has 1 aromatic heterocycles. The minimum absolute atomic E-state index is 0.0160. The van der Waals surface area contributed by atoms with Gasteiger partial charge in [0.05, 0.1) is 23.2 Å². The lowest BCUT2D eigenvalue weighted by atomic mass is 10.0. The molecule has 0 bridgehead atoms. The van der Waals surface area contributed by atoms with Crippen molar-refractivity contribution in [2.24, 2.45) is 11.8 Å². The van der Waals surface area contributed by atoms with E-state index in [-0.39, 0.29) is 41.9 Å². The molecule has 0 radical (unpaired) electrons. The molecule has 4 atom stereocenters. The average molecular weight is 420 g/mol. The van der Waals surface area contributed by atoms with Gasteiger partial charge in [-0.1, -0.05) is 6.07 Å². The third-order valence-corrected chi connectivity index (χ3v) is 8.27. The van der Waals surface area contributed by atoms with Gasteiger partial charge in [0.25, 0.3) is 5.88 Å². The number of sulfone groups is 1. The summed E-state index contributed by atoms with van der Waals surface area (Å²) >= 11 is 0. The van der Waals surface area contributed by atoms with Crippen molar-refractivity contribution in [2.45, 2.75) is 24.5 Å². The lowest BCUT2D eigenvalue weighted by Crippen LogP contribution is -2.36. The Labute approximate surface area is 165 Å². The SMILES string of the molecule is O=C1O[C@@H](COc2ccon2)[C@@H]2Cc3cc(C4C5CS(=O)(=O)CC54)c(F)cc3N12. The molecular formula is C19H17FN2O6S. The number of benzene rings is 1. The summed E-state index contributed by atoms with van der Waals surface area (Å²) in [5, 5.41) is 3.67. The summed E-state index contributed by atoms with van der Waals surface area (Å²) < 4.78 is 53.9. The highest BCUT2D eigenvalue weighted by Crippen LogP contribution is 2.60. The van der Waals surface area contributed by atoms with Crippen molar-refractivity contribution in [1.29, 1.82) is 0 Å². The van der Waals surface area contributed by atoms with Crippen molar-refractivity contribution < 1.29 is 31.6 Å². The third kappa shape index (κ3) is 2.58. The normalized spacial score (nSPS) is 33.2. The number of fused-ring (bicyclic) bond motifs is 4. The quantitative estimate of drug-likeness (QED) is 0.745. The van der Waals surface area contributed by atoms with E-state index in [9.17, 15) is 17.6 Å². The maximum Gasteiger partial charge on any atom is 0.415 e. The number of hydrogen-bond donors (Lipinski definition) is 0. The van der Waals surface area contributed by atoms with Gasteiger partial charge in [-0.2, -0.15) is 0 Å². The molecule has 29 heavy (non-hydrogen) atoms. The Bertz CT molecular complexity index is 1100. The van der Waals surface area contributed by atoms with E-state index < -0.39 is 27.9 Å². The molecule has 2 unspecified atom stereocenters. The Hall–Kier alpha value is -2.62. The van der Waals surface area contributed by atoms with Crippen molar-refractivity contribution in [2.75, 3.05) is 23.0 Å². The summed E-state index contributed by atoms with van der Waals surface area (Å²) in [7, 11) is -2.98. The van der Waals surface area contributed by atoms with Gasteiger partial charge in [0.2, 0.25) is 0 Å². The van der Waals surface area contributed by atoms with Crippen LogP contribution in [0.2, 0.25) is 0 Å². The van der Waals surface area contributed by atoms with E-state index >= 15 is 0 Å². The third-order valence-electron chi connectivity index (χ3n) is 6.49. The number of amides is 1. The van der Waals surface area contributed by atoms with Crippen LogP contribution in [-0.2, 0) is 21.0 Å². The summed E-state index contributed by atoms with van der Waals surface area (Å²) in [5.41, 5.74) is 1.96. The summed E-state index contributed by atoms with van der Waals surface area (Å²) in [6.45, 7) is 0.118. The fraction of sp³-hybridized carbons (Fsp3) is 0.474. The Balaban J connectivity index is 1.24. The van der Waals surface area contributed by atoms with Gasteiger partial charge in [-0.25, -0.2) is 17.6 Å². The van der Waals surface area contributed by atoms with E-state index in [1.165, 1.54) is 17.2 Å². The number of anilines is 1. The van der Waals surface area contributed by atoms with Crippen LogP contribution in [0.4, 0.5) is 14.9 Å². The van der Waals surface area contributed by atoms with Crippen molar-refractivity contribution in [3.05, 3.63) is 41.4 Å². The van der Waals surface area contributed by atoms with Crippen LogP contribution >= 0.6 is 0 Å². The predicted octanol–water partition coefficient (Wildman–Crippen LogP) is 1.90. The Morgan fingerprint density at radius 2 is 2.07 bits per heavy atom. The summed E-state index contributed by atoms with van der Waals surface area (Å²) in [4.78, 5) is 13.9. The van der Waals surface area contributed by atoms with Crippen LogP contribution in [0.25, 0.3) is 0 Å². The maximum atomic E-state index is 14.9. The van der Waals surface area contributed by atoms with Crippen LogP contribution < -0.4 is 9.64 Å². The molecule has 1 aromatic carbocycles. The van der Waals surface area contributed by atoms with Crippen molar-refractivity contribution in [3.8, 4) is 5.88 Å². The van der Waals surface area contributed by atoms with Crippen LogP contribution in [0.15, 0.2) is 29.0 Å². The van der Waals surface area contributed by atoms with Crippen LogP contribution in [0.3, 0.4) is 0 Å². The predicted molar refractivity (Wildman–Crippen MR) is 97.0 cm³/mol. The minimum Gasteiger partial charge on any atom is -0.471 e. The molecular weight excluding hydrogens is 403 g/mol. The molecule has 2 saturated heterocycles. The van der Waals surface area contributed by atoms with E-state index in [1.807, 2.05) is 0 Å². The number of halogens is 1. The Morgan fingerprint density at radius 1 is 1.28 bits per heavy atom. The van der Waals surface area contributed by atoms with E-state index in [2.05, 4.69) is 5.16 Å². The molecule has 6 rings (SSSR count). The largest absolute Gasteiger partial charge is 0.471 e. The number of hydrogen-bond acceptors (Lipinski definition) is 7. The summed E-state index contributed by atoms with van der Waals surface area (Å²) in [5.74, 6) is 0.181. The van der Waals surface area contributed by atoms with Gasteiger partial charge in [0.1, 0.15) is 18.7 Å². The van der Waals surface area contributed by atoms with Gasteiger partial charge in [-0.3, -0.25) is 4.90 Å². The molecule has 1 aliphatic carbocycles. The number of carbonyl (C=O) groups is 1. The molecule has 10 heteroatoms. The number of ether oxygens (including phenoxy) is 2. The fourth-order valence-electron chi connectivity index (χ4n) is 5.17. The van der Waals surface area contributed by atoms with Gasteiger partial charge >= 0.3 is 6.09 Å². The Morgan fingerprint density at radius 3 is 2.79 bits per heavy atom. The second-order valence-corrected chi connectivity index (χ2v) is 10.3. The number of nitrogens with zero attached hydrogens (tertiary/aromatic N) is 2. The van der Waals surface area contributed by atoms with Crippen LogP contribution in [-0.4, -0.2) is 49.9 Å². The zero-order chi connectivity index (χ0) is 19.9. The molecule has 1 saturated carbocycles. The molecule has 3 aliphatic heterocycles. The molecule has 4 aliphatic rings. The van der Waals surface area contributed by atoms with E-state index in [0.29, 0.717) is 23.6 Å². The first kappa shape index (κ1) is 17.3. The van der Waals surface area contributed by atoms with Gasteiger partial charge in [0, 0.05) is 6.07 Å².